The SMILES string of the molecule is Cc1ccc2c(c1)C=C(C(=O)Nc1ccc(C[N+](C)(C)C3CCCCC3)cc1)CO2.[Cl-]. The van der Waals surface area contributed by atoms with Crippen LogP contribution < -0.4 is 22.5 Å². The Morgan fingerprint density at radius 1 is 1.06 bits per heavy atom. The lowest BCUT2D eigenvalue weighted by Crippen LogP contribution is -3.00. The lowest BCUT2D eigenvalue weighted by molar-refractivity contribution is -0.929. The zero-order valence-corrected chi connectivity index (χ0v) is 19.5. The number of fused-ring (bicyclic) bond motifs is 1. The van der Waals surface area contributed by atoms with Gasteiger partial charge in [0.1, 0.15) is 18.9 Å². The zero-order valence-electron chi connectivity index (χ0n) is 18.8. The Kier molecular flexibility index (Phi) is 7.45. The van der Waals surface area contributed by atoms with Gasteiger partial charge >= 0.3 is 0 Å². The van der Waals surface area contributed by atoms with E-state index in [1.807, 2.05) is 43.3 Å². The van der Waals surface area contributed by atoms with Gasteiger partial charge in [-0.25, -0.2) is 0 Å². The number of halogens is 1. The fourth-order valence-corrected chi connectivity index (χ4v) is 4.71. The van der Waals surface area contributed by atoms with Crippen molar-refractivity contribution >= 4 is 17.7 Å². The van der Waals surface area contributed by atoms with Gasteiger partial charge in [-0.05, 0) is 62.9 Å². The van der Waals surface area contributed by atoms with Gasteiger partial charge < -0.3 is 26.9 Å². The number of hydrogen-bond acceptors (Lipinski definition) is 2. The maximum Gasteiger partial charge on any atom is 0.255 e. The topological polar surface area (TPSA) is 38.3 Å². The lowest BCUT2D eigenvalue weighted by atomic mass is 9.92. The van der Waals surface area contributed by atoms with Crippen molar-refractivity contribution in [2.24, 2.45) is 0 Å². The van der Waals surface area contributed by atoms with Crippen LogP contribution in [0, 0.1) is 6.92 Å². The summed E-state index contributed by atoms with van der Waals surface area (Å²) in [6.07, 6.45) is 8.71. The van der Waals surface area contributed by atoms with Gasteiger partial charge in [0.15, 0.2) is 0 Å². The van der Waals surface area contributed by atoms with Crippen molar-refractivity contribution in [1.29, 1.82) is 0 Å². The van der Waals surface area contributed by atoms with E-state index in [2.05, 4.69) is 31.5 Å². The Bertz CT molecular complexity index is 944. The third kappa shape index (κ3) is 5.69. The molecule has 1 fully saturated rings. The van der Waals surface area contributed by atoms with Gasteiger partial charge in [0.2, 0.25) is 0 Å². The molecule has 2 aliphatic rings. The summed E-state index contributed by atoms with van der Waals surface area (Å²) in [5.74, 6) is 0.730. The number of benzene rings is 2. The van der Waals surface area contributed by atoms with E-state index in [0.29, 0.717) is 12.2 Å². The highest BCUT2D eigenvalue weighted by Crippen LogP contribution is 2.29. The molecule has 1 saturated carbocycles. The Labute approximate surface area is 192 Å². The molecule has 1 heterocycles. The number of ether oxygens (including phenoxy) is 1. The quantitative estimate of drug-likeness (QED) is 0.725. The summed E-state index contributed by atoms with van der Waals surface area (Å²) >= 11 is 0. The number of carbonyl (C=O) groups is 1. The molecule has 1 amide bonds. The number of anilines is 1. The standard InChI is InChI=1S/C26H32N2O2.ClH/c1-19-9-14-25-21(15-19)16-22(18-30-25)26(29)27-23-12-10-20(11-13-23)17-28(2,3)24-7-5-4-6-8-24;/h9-16,24H,4-8,17-18H2,1-3H3;1H. The zero-order chi connectivity index (χ0) is 21.1. The Balaban J connectivity index is 0.00000272. The first kappa shape index (κ1) is 23.4. The van der Waals surface area contributed by atoms with Crippen molar-refractivity contribution in [3.8, 4) is 5.75 Å². The van der Waals surface area contributed by atoms with Gasteiger partial charge in [-0.15, -0.1) is 0 Å². The van der Waals surface area contributed by atoms with E-state index >= 15 is 0 Å². The van der Waals surface area contributed by atoms with Gasteiger partial charge in [-0.2, -0.15) is 0 Å². The fourth-order valence-electron chi connectivity index (χ4n) is 4.71. The van der Waals surface area contributed by atoms with Crippen molar-refractivity contribution < 1.29 is 26.4 Å². The molecule has 0 spiro atoms. The van der Waals surface area contributed by atoms with Gasteiger partial charge in [0, 0.05) is 16.8 Å². The molecule has 31 heavy (non-hydrogen) atoms. The molecule has 0 saturated heterocycles. The summed E-state index contributed by atoms with van der Waals surface area (Å²) < 4.78 is 6.79. The molecule has 4 nitrogen and oxygen atoms in total. The third-order valence-corrected chi connectivity index (χ3v) is 6.53. The maximum atomic E-state index is 12.7. The summed E-state index contributed by atoms with van der Waals surface area (Å²) in [5.41, 5.74) is 4.90. The number of hydrogen-bond donors (Lipinski definition) is 1. The normalized spacial score (nSPS) is 16.4. The van der Waals surface area contributed by atoms with E-state index in [9.17, 15) is 4.79 Å². The molecule has 5 heteroatoms. The number of quaternary nitrogens is 1. The number of rotatable bonds is 5. The summed E-state index contributed by atoms with van der Waals surface area (Å²) in [6, 6.07) is 15.1. The average molecular weight is 441 g/mol. The van der Waals surface area contributed by atoms with Gasteiger partial charge in [-0.3, -0.25) is 4.79 Å². The number of nitrogens with zero attached hydrogens (tertiary/aromatic N) is 1. The van der Waals surface area contributed by atoms with Gasteiger partial charge in [0.05, 0.1) is 25.7 Å². The minimum atomic E-state index is -0.103. The minimum Gasteiger partial charge on any atom is -1.00 e. The second-order valence-corrected chi connectivity index (χ2v) is 9.38. The summed E-state index contributed by atoms with van der Waals surface area (Å²) in [6.45, 7) is 3.36. The Morgan fingerprint density at radius 2 is 1.77 bits per heavy atom. The summed E-state index contributed by atoms with van der Waals surface area (Å²) in [7, 11) is 4.70. The molecule has 4 rings (SSSR count). The lowest BCUT2D eigenvalue weighted by Gasteiger charge is -2.40. The second kappa shape index (κ2) is 9.88. The van der Waals surface area contributed by atoms with Crippen LogP contribution >= 0.6 is 0 Å². The number of nitrogens with one attached hydrogen (secondary N) is 1. The molecule has 1 aliphatic heterocycles. The first-order chi connectivity index (χ1) is 14.4. The maximum absolute atomic E-state index is 12.7. The summed E-state index contributed by atoms with van der Waals surface area (Å²) in [5, 5.41) is 3.02. The molecule has 1 aliphatic carbocycles. The molecule has 0 bridgehead atoms. The van der Waals surface area contributed by atoms with E-state index in [4.69, 9.17) is 4.74 Å². The van der Waals surface area contributed by atoms with Crippen molar-refractivity contribution in [1.82, 2.24) is 0 Å². The Hall–Kier alpha value is -2.30. The monoisotopic (exact) mass is 440 g/mol. The van der Waals surface area contributed by atoms with E-state index in [0.717, 1.165) is 39.6 Å². The van der Waals surface area contributed by atoms with Crippen LogP contribution in [-0.2, 0) is 11.3 Å². The number of aryl methyl sites for hydroxylation is 1. The van der Waals surface area contributed by atoms with Crippen LogP contribution in [0.25, 0.3) is 6.08 Å². The highest BCUT2D eigenvalue weighted by molar-refractivity contribution is 6.07. The van der Waals surface area contributed by atoms with Crippen molar-refractivity contribution in [3.05, 3.63) is 64.7 Å². The average Bonchev–Trinajstić information content (AvgIpc) is 2.75. The smallest absolute Gasteiger partial charge is 0.255 e. The van der Waals surface area contributed by atoms with Crippen LogP contribution in [0.1, 0.15) is 48.8 Å². The molecule has 0 aromatic heterocycles. The van der Waals surface area contributed by atoms with Crippen molar-refractivity contribution in [3.63, 3.8) is 0 Å². The Morgan fingerprint density at radius 3 is 2.48 bits per heavy atom. The molecule has 0 atom stereocenters. The number of carbonyl (C=O) groups excluding carboxylic acids is 1. The van der Waals surface area contributed by atoms with Crippen LogP contribution in [0.15, 0.2) is 48.0 Å². The third-order valence-electron chi connectivity index (χ3n) is 6.53. The predicted molar refractivity (Wildman–Crippen MR) is 122 cm³/mol. The van der Waals surface area contributed by atoms with Crippen molar-refractivity contribution in [2.45, 2.75) is 51.6 Å². The fraction of sp³-hybridized carbons (Fsp3) is 0.423. The highest BCUT2D eigenvalue weighted by atomic mass is 35.5. The van der Waals surface area contributed by atoms with E-state index in [1.54, 1.807) is 0 Å². The van der Waals surface area contributed by atoms with Crippen LogP contribution in [0.2, 0.25) is 0 Å². The van der Waals surface area contributed by atoms with Crippen LogP contribution in [-0.4, -0.2) is 37.1 Å². The largest absolute Gasteiger partial charge is 1.00 e. The summed E-state index contributed by atoms with van der Waals surface area (Å²) in [4.78, 5) is 12.7. The van der Waals surface area contributed by atoms with E-state index in [1.165, 1.54) is 37.7 Å². The van der Waals surface area contributed by atoms with Crippen molar-refractivity contribution in [2.75, 3.05) is 26.0 Å². The molecule has 1 N–H and O–H groups in total. The van der Waals surface area contributed by atoms with Crippen LogP contribution in [0.4, 0.5) is 5.69 Å². The molecular weight excluding hydrogens is 408 g/mol. The molecule has 166 valence electrons. The van der Waals surface area contributed by atoms with E-state index < -0.39 is 0 Å². The molecular formula is C26H33ClN2O2. The first-order valence-electron chi connectivity index (χ1n) is 11.1. The predicted octanol–water partition coefficient (Wildman–Crippen LogP) is 2.32. The van der Waals surface area contributed by atoms with Crippen LogP contribution in [0.5, 0.6) is 5.75 Å². The second-order valence-electron chi connectivity index (χ2n) is 9.38. The molecule has 2 aromatic rings. The van der Waals surface area contributed by atoms with Gasteiger partial charge in [-0.1, -0.05) is 30.2 Å². The number of amides is 1. The first-order valence-corrected chi connectivity index (χ1v) is 11.1. The minimum absolute atomic E-state index is 0. The molecule has 2 aromatic carbocycles. The molecule has 0 unspecified atom stereocenters. The van der Waals surface area contributed by atoms with Crippen LogP contribution in [0.3, 0.4) is 0 Å². The molecule has 0 radical (unpaired) electrons. The highest BCUT2D eigenvalue weighted by Gasteiger charge is 2.29. The van der Waals surface area contributed by atoms with Gasteiger partial charge in [0.25, 0.3) is 5.91 Å². The van der Waals surface area contributed by atoms with E-state index in [-0.39, 0.29) is 18.3 Å².